The molecule has 0 aromatic carbocycles. The minimum atomic E-state index is 0. The highest BCUT2D eigenvalue weighted by Gasteiger charge is 2.28. The van der Waals surface area contributed by atoms with Gasteiger partial charge in [0.25, 0.3) is 0 Å². The Kier molecular flexibility index (Phi) is 6.66. The van der Waals surface area contributed by atoms with Gasteiger partial charge in [-0.1, -0.05) is 0 Å². The molecule has 0 aromatic heterocycles. The normalized spacial score (nSPS) is 27.9. The minimum Gasteiger partial charge on any atom is -0.383 e. The van der Waals surface area contributed by atoms with Crippen molar-refractivity contribution < 1.29 is 4.74 Å². The molecule has 2 fully saturated rings. The van der Waals surface area contributed by atoms with Gasteiger partial charge in [-0.3, -0.25) is 0 Å². The Morgan fingerprint density at radius 3 is 2.50 bits per heavy atom. The van der Waals surface area contributed by atoms with Crippen molar-refractivity contribution in [1.82, 2.24) is 10.2 Å². The van der Waals surface area contributed by atoms with Crippen LogP contribution in [0.4, 0.5) is 0 Å². The fraction of sp³-hybridized carbons (Fsp3) is 1.00. The lowest BCUT2D eigenvalue weighted by Gasteiger charge is -2.34. The standard InChI is InChI=1S/C12H24N2O.ClH/c1-15-9-8-14-6-3-11(4-7-14)12-2-5-13-10-12;/h11-13H,2-10H2,1H3;1H. The van der Waals surface area contributed by atoms with E-state index in [2.05, 4.69) is 10.2 Å². The summed E-state index contributed by atoms with van der Waals surface area (Å²) in [5.74, 6) is 1.95. The Bertz CT molecular complexity index is 178. The molecule has 0 amide bonds. The van der Waals surface area contributed by atoms with Gasteiger partial charge < -0.3 is 15.0 Å². The number of nitrogens with zero attached hydrogens (tertiary/aromatic N) is 1. The van der Waals surface area contributed by atoms with Crippen LogP contribution < -0.4 is 5.32 Å². The molecular weight excluding hydrogens is 224 g/mol. The van der Waals surface area contributed by atoms with Crippen molar-refractivity contribution in [3.05, 3.63) is 0 Å². The SMILES string of the molecule is COCCN1CCC(C2CCNC2)CC1.Cl. The van der Waals surface area contributed by atoms with Crippen molar-refractivity contribution in [2.75, 3.05) is 46.4 Å². The van der Waals surface area contributed by atoms with Crippen molar-refractivity contribution in [2.45, 2.75) is 19.3 Å². The largest absolute Gasteiger partial charge is 0.383 e. The van der Waals surface area contributed by atoms with Gasteiger partial charge in [-0.15, -0.1) is 12.4 Å². The van der Waals surface area contributed by atoms with Gasteiger partial charge in [-0.05, 0) is 57.3 Å². The van der Waals surface area contributed by atoms with E-state index >= 15 is 0 Å². The first-order chi connectivity index (χ1) is 7.40. The third-order valence-electron chi connectivity index (χ3n) is 4.01. The van der Waals surface area contributed by atoms with E-state index in [0.29, 0.717) is 0 Å². The molecule has 2 rings (SSSR count). The summed E-state index contributed by atoms with van der Waals surface area (Å²) in [6.45, 7) is 7.08. The van der Waals surface area contributed by atoms with Gasteiger partial charge in [0.15, 0.2) is 0 Å². The Morgan fingerprint density at radius 1 is 1.19 bits per heavy atom. The predicted molar refractivity (Wildman–Crippen MR) is 69.3 cm³/mol. The Morgan fingerprint density at radius 2 is 1.94 bits per heavy atom. The van der Waals surface area contributed by atoms with Crippen molar-refractivity contribution in [3.8, 4) is 0 Å². The summed E-state index contributed by atoms with van der Waals surface area (Å²) >= 11 is 0. The molecule has 2 heterocycles. The van der Waals surface area contributed by atoms with E-state index in [9.17, 15) is 0 Å². The number of rotatable bonds is 4. The summed E-state index contributed by atoms with van der Waals surface area (Å²) in [7, 11) is 1.79. The molecule has 2 aliphatic heterocycles. The predicted octanol–water partition coefficient (Wildman–Crippen LogP) is 1.38. The monoisotopic (exact) mass is 248 g/mol. The Labute approximate surface area is 105 Å². The van der Waals surface area contributed by atoms with Crippen LogP contribution in [0.25, 0.3) is 0 Å². The number of halogens is 1. The zero-order valence-corrected chi connectivity index (χ0v) is 11.1. The van der Waals surface area contributed by atoms with Gasteiger partial charge in [-0.25, -0.2) is 0 Å². The number of hydrogen-bond donors (Lipinski definition) is 1. The molecular formula is C12H25ClN2O. The average Bonchev–Trinajstić information content (AvgIpc) is 2.80. The molecule has 16 heavy (non-hydrogen) atoms. The molecule has 3 nitrogen and oxygen atoms in total. The van der Waals surface area contributed by atoms with Gasteiger partial charge in [0.1, 0.15) is 0 Å². The molecule has 1 atom stereocenters. The van der Waals surface area contributed by atoms with Gasteiger partial charge >= 0.3 is 0 Å². The number of piperidine rings is 1. The quantitative estimate of drug-likeness (QED) is 0.814. The zero-order chi connectivity index (χ0) is 10.5. The summed E-state index contributed by atoms with van der Waals surface area (Å²) in [6.07, 6.45) is 4.20. The molecule has 0 spiro atoms. The highest BCUT2D eigenvalue weighted by atomic mass is 35.5. The zero-order valence-electron chi connectivity index (χ0n) is 10.3. The summed E-state index contributed by atoms with van der Waals surface area (Å²) in [4.78, 5) is 2.54. The highest BCUT2D eigenvalue weighted by molar-refractivity contribution is 5.85. The van der Waals surface area contributed by atoms with Gasteiger partial charge in [0, 0.05) is 13.7 Å². The van der Waals surface area contributed by atoms with E-state index in [4.69, 9.17) is 4.74 Å². The van der Waals surface area contributed by atoms with E-state index < -0.39 is 0 Å². The molecule has 0 aliphatic carbocycles. The van der Waals surface area contributed by atoms with E-state index in [0.717, 1.165) is 25.0 Å². The molecule has 1 unspecified atom stereocenters. The van der Waals surface area contributed by atoms with Crippen LogP contribution in [0.3, 0.4) is 0 Å². The molecule has 2 saturated heterocycles. The van der Waals surface area contributed by atoms with Crippen molar-refractivity contribution in [1.29, 1.82) is 0 Å². The minimum absolute atomic E-state index is 0. The van der Waals surface area contributed by atoms with E-state index in [1.165, 1.54) is 45.4 Å². The number of likely N-dealkylation sites (tertiary alicyclic amines) is 1. The summed E-state index contributed by atoms with van der Waals surface area (Å²) < 4.78 is 5.12. The second-order valence-corrected chi connectivity index (χ2v) is 4.92. The van der Waals surface area contributed by atoms with Crippen LogP contribution in [0.2, 0.25) is 0 Å². The van der Waals surface area contributed by atoms with Crippen LogP contribution >= 0.6 is 12.4 Å². The maximum absolute atomic E-state index is 5.12. The van der Waals surface area contributed by atoms with E-state index in [1.54, 1.807) is 7.11 Å². The summed E-state index contributed by atoms with van der Waals surface area (Å²) in [5, 5.41) is 3.48. The first-order valence-electron chi connectivity index (χ1n) is 6.32. The maximum atomic E-state index is 5.12. The molecule has 0 radical (unpaired) electrons. The number of hydrogen-bond acceptors (Lipinski definition) is 3. The lowest BCUT2D eigenvalue weighted by atomic mass is 9.84. The lowest BCUT2D eigenvalue weighted by molar-refractivity contribution is 0.107. The van der Waals surface area contributed by atoms with Crippen molar-refractivity contribution in [2.24, 2.45) is 11.8 Å². The van der Waals surface area contributed by atoms with Crippen LogP contribution in [0.5, 0.6) is 0 Å². The van der Waals surface area contributed by atoms with Gasteiger partial charge in [0.05, 0.1) is 6.61 Å². The lowest BCUT2D eigenvalue weighted by Crippen LogP contribution is -2.38. The van der Waals surface area contributed by atoms with Gasteiger partial charge in [-0.2, -0.15) is 0 Å². The summed E-state index contributed by atoms with van der Waals surface area (Å²) in [5.41, 5.74) is 0. The third kappa shape index (κ3) is 3.88. The van der Waals surface area contributed by atoms with Crippen LogP contribution in [-0.4, -0.2) is 51.3 Å². The van der Waals surface area contributed by atoms with E-state index in [-0.39, 0.29) is 12.4 Å². The fourth-order valence-electron chi connectivity index (χ4n) is 2.95. The Hall–Kier alpha value is 0.170. The van der Waals surface area contributed by atoms with Crippen LogP contribution in [0.1, 0.15) is 19.3 Å². The third-order valence-corrected chi connectivity index (χ3v) is 4.01. The number of methoxy groups -OCH3 is 1. The molecule has 96 valence electrons. The number of nitrogens with one attached hydrogen (secondary N) is 1. The van der Waals surface area contributed by atoms with Crippen molar-refractivity contribution in [3.63, 3.8) is 0 Å². The second kappa shape index (κ2) is 7.49. The smallest absolute Gasteiger partial charge is 0.0589 e. The number of ether oxygens (including phenoxy) is 1. The van der Waals surface area contributed by atoms with Crippen molar-refractivity contribution >= 4 is 12.4 Å². The first-order valence-corrected chi connectivity index (χ1v) is 6.32. The highest BCUT2D eigenvalue weighted by Crippen LogP contribution is 2.28. The molecule has 0 bridgehead atoms. The van der Waals surface area contributed by atoms with E-state index in [1.807, 2.05) is 0 Å². The van der Waals surface area contributed by atoms with Crippen LogP contribution in [-0.2, 0) is 4.74 Å². The van der Waals surface area contributed by atoms with Crippen LogP contribution in [0, 0.1) is 11.8 Å². The topological polar surface area (TPSA) is 24.5 Å². The maximum Gasteiger partial charge on any atom is 0.0589 e. The molecule has 4 heteroatoms. The first kappa shape index (κ1) is 14.2. The molecule has 0 saturated carbocycles. The summed E-state index contributed by atoms with van der Waals surface area (Å²) in [6, 6.07) is 0. The fourth-order valence-corrected chi connectivity index (χ4v) is 2.95. The van der Waals surface area contributed by atoms with Gasteiger partial charge in [0.2, 0.25) is 0 Å². The van der Waals surface area contributed by atoms with Crippen LogP contribution in [0.15, 0.2) is 0 Å². The Balaban J connectivity index is 0.00000128. The molecule has 2 aliphatic rings. The molecule has 1 N–H and O–H groups in total. The average molecular weight is 249 g/mol. The molecule has 0 aromatic rings. The second-order valence-electron chi connectivity index (χ2n) is 4.92.